The Morgan fingerprint density at radius 1 is 0.500 bits per heavy atom. The fraction of sp³-hybridized carbons (Fsp3) is 0.235. The predicted molar refractivity (Wildman–Crippen MR) is 196 cm³/mol. The molecule has 0 atom stereocenters. The van der Waals surface area contributed by atoms with Crippen molar-refractivity contribution >= 4 is 103 Å². The van der Waals surface area contributed by atoms with Gasteiger partial charge in [0.1, 0.15) is 0 Å². The SMILES string of the molecule is Cl.Cl.Nc1c2ccccc2nc2c(CSCCOCCOCCSCc3cccc4c(N)c5ccccc5nc34)cccc12. The molecule has 0 unspecified atom stereocenters. The number of thioether (sulfide) groups is 2. The minimum absolute atomic E-state index is 0. The molecule has 2 heterocycles. The molecule has 0 saturated carbocycles. The van der Waals surface area contributed by atoms with E-state index in [1.165, 1.54) is 11.1 Å². The number of fused-ring (bicyclic) bond motifs is 4. The monoisotopic (exact) mass is 666 g/mol. The van der Waals surface area contributed by atoms with Gasteiger partial charge in [-0.25, -0.2) is 9.97 Å². The second-order valence-electron chi connectivity index (χ2n) is 10.0. The topological polar surface area (TPSA) is 96.3 Å². The van der Waals surface area contributed by atoms with Crippen LogP contribution in [0.5, 0.6) is 0 Å². The summed E-state index contributed by atoms with van der Waals surface area (Å²) >= 11 is 3.69. The quantitative estimate of drug-likeness (QED) is 0.0939. The molecule has 4 aromatic carbocycles. The van der Waals surface area contributed by atoms with Crippen molar-refractivity contribution in [3.05, 3.63) is 96.1 Å². The Morgan fingerprint density at radius 2 is 0.909 bits per heavy atom. The second-order valence-corrected chi connectivity index (χ2v) is 12.3. The van der Waals surface area contributed by atoms with Gasteiger partial charge in [-0.1, -0.05) is 72.8 Å². The van der Waals surface area contributed by atoms with E-state index in [0.29, 0.717) is 26.4 Å². The van der Waals surface area contributed by atoms with E-state index in [1.807, 2.05) is 72.1 Å². The summed E-state index contributed by atoms with van der Waals surface area (Å²) in [4.78, 5) is 9.80. The van der Waals surface area contributed by atoms with Crippen molar-refractivity contribution in [3.8, 4) is 0 Å². The zero-order chi connectivity index (χ0) is 28.7. The Bertz CT molecular complexity index is 1720. The van der Waals surface area contributed by atoms with Gasteiger partial charge in [0.05, 0.1) is 59.9 Å². The first-order valence-electron chi connectivity index (χ1n) is 14.1. The van der Waals surface area contributed by atoms with Gasteiger partial charge in [0.25, 0.3) is 0 Å². The van der Waals surface area contributed by atoms with E-state index in [1.54, 1.807) is 0 Å². The molecule has 6 aromatic rings. The average Bonchev–Trinajstić information content (AvgIpc) is 3.02. The number of halogens is 2. The minimum atomic E-state index is 0. The van der Waals surface area contributed by atoms with Crippen LogP contribution in [0.2, 0.25) is 0 Å². The van der Waals surface area contributed by atoms with Crippen molar-refractivity contribution in [1.82, 2.24) is 9.97 Å². The lowest BCUT2D eigenvalue weighted by atomic mass is 10.1. The zero-order valence-electron chi connectivity index (χ0n) is 24.2. The highest BCUT2D eigenvalue weighted by Gasteiger charge is 2.11. The van der Waals surface area contributed by atoms with Gasteiger partial charge in [0.15, 0.2) is 0 Å². The number of nitrogens with zero attached hydrogens (tertiary/aromatic N) is 2. The molecule has 6 rings (SSSR count). The molecule has 2 aromatic heterocycles. The smallest absolute Gasteiger partial charge is 0.0770 e. The maximum atomic E-state index is 6.47. The second kappa shape index (κ2) is 16.4. The zero-order valence-corrected chi connectivity index (χ0v) is 27.5. The van der Waals surface area contributed by atoms with Crippen molar-refractivity contribution in [1.29, 1.82) is 0 Å². The Hall–Kier alpha value is -2.98. The van der Waals surface area contributed by atoms with E-state index in [9.17, 15) is 0 Å². The number of hydrogen-bond donors (Lipinski definition) is 2. The summed E-state index contributed by atoms with van der Waals surface area (Å²) in [5.41, 5.74) is 20.8. The van der Waals surface area contributed by atoms with E-state index in [4.69, 9.17) is 30.9 Å². The molecule has 44 heavy (non-hydrogen) atoms. The molecule has 0 fully saturated rings. The third-order valence-corrected chi connectivity index (χ3v) is 9.24. The fourth-order valence-electron chi connectivity index (χ4n) is 5.17. The van der Waals surface area contributed by atoms with Gasteiger partial charge >= 0.3 is 0 Å². The summed E-state index contributed by atoms with van der Waals surface area (Å²) in [7, 11) is 0. The van der Waals surface area contributed by atoms with E-state index >= 15 is 0 Å². The average molecular weight is 668 g/mol. The highest BCUT2D eigenvalue weighted by molar-refractivity contribution is 7.98. The number of hydrogen-bond acceptors (Lipinski definition) is 8. The standard InChI is InChI=1S/C34H34N4O2S2.2ClH/c35-31-25-9-1-3-13-29(25)37-33-23(7-5-11-27(31)33)21-41-19-17-39-15-16-40-18-20-42-22-24-8-6-12-28-32(36)26-10-2-4-14-30(26)38-34(24)28;;/h1-14H,15-22H2,(H2,35,37)(H2,36,38);2*1H. The number of benzene rings is 4. The lowest BCUT2D eigenvalue weighted by Gasteiger charge is -2.11. The van der Waals surface area contributed by atoms with Gasteiger partial charge < -0.3 is 20.9 Å². The number of nitrogens with two attached hydrogens (primary N) is 2. The first kappa shape index (κ1) is 33.9. The van der Waals surface area contributed by atoms with Crippen LogP contribution in [-0.2, 0) is 21.0 Å². The minimum Gasteiger partial charge on any atom is -0.398 e. The van der Waals surface area contributed by atoms with Gasteiger partial charge in [-0.3, -0.25) is 0 Å². The summed E-state index contributed by atoms with van der Waals surface area (Å²) in [5.74, 6) is 3.56. The van der Waals surface area contributed by atoms with Crippen LogP contribution < -0.4 is 11.5 Å². The normalized spacial score (nSPS) is 11.2. The maximum absolute atomic E-state index is 6.47. The predicted octanol–water partition coefficient (Wildman–Crippen LogP) is 8.30. The summed E-state index contributed by atoms with van der Waals surface area (Å²) < 4.78 is 11.6. The Morgan fingerprint density at radius 3 is 1.36 bits per heavy atom. The molecule has 230 valence electrons. The Balaban J connectivity index is 0.00000221. The lowest BCUT2D eigenvalue weighted by Crippen LogP contribution is -2.08. The van der Waals surface area contributed by atoms with Crippen molar-refractivity contribution < 1.29 is 9.47 Å². The van der Waals surface area contributed by atoms with Crippen molar-refractivity contribution in [2.75, 3.05) is 49.4 Å². The highest BCUT2D eigenvalue weighted by Crippen LogP contribution is 2.32. The number of nitrogen functional groups attached to an aromatic ring is 2. The molecular weight excluding hydrogens is 631 g/mol. The summed E-state index contributed by atoms with van der Waals surface area (Å²) in [6.45, 7) is 2.59. The number of para-hydroxylation sites is 4. The molecule has 10 heteroatoms. The molecule has 0 aliphatic carbocycles. The summed E-state index contributed by atoms with van der Waals surface area (Å²) in [6.07, 6.45) is 0. The van der Waals surface area contributed by atoms with Crippen LogP contribution in [0.3, 0.4) is 0 Å². The number of ether oxygens (including phenoxy) is 2. The van der Waals surface area contributed by atoms with Gasteiger partial charge in [-0.2, -0.15) is 23.5 Å². The van der Waals surface area contributed by atoms with E-state index in [0.717, 1.165) is 78.0 Å². The number of anilines is 2. The molecule has 4 N–H and O–H groups in total. The van der Waals surface area contributed by atoms with Crippen LogP contribution >= 0.6 is 48.3 Å². The number of pyridine rings is 2. The number of rotatable bonds is 13. The van der Waals surface area contributed by atoms with Crippen LogP contribution in [0.1, 0.15) is 11.1 Å². The van der Waals surface area contributed by atoms with E-state index < -0.39 is 0 Å². The van der Waals surface area contributed by atoms with Crippen LogP contribution in [0.15, 0.2) is 84.9 Å². The molecular formula is C34H36Cl2N4O2S2. The van der Waals surface area contributed by atoms with E-state index in [-0.39, 0.29) is 24.8 Å². The fourth-order valence-corrected chi connectivity index (χ4v) is 6.83. The number of aromatic nitrogens is 2. The third-order valence-electron chi connectivity index (χ3n) is 7.30. The molecule has 0 bridgehead atoms. The molecule has 0 radical (unpaired) electrons. The van der Waals surface area contributed by atoms with E-state index in [2.05, 4.69) is 36.4 Å². The van der Waals surface area contributed by atoms with Crippen LogP contribution in [0, 0.1) is 0 Å². The summed E-state index contributed by atoms with van der Waals surface area (Å²) in [6, 6.07) is 28.6. The molecule has 0 aliphatic heterocycles. The van der Waals surface area contributed by atoms with Gasteiger partial charge in [0.2, 0.25) is 0 Å². The van der Waals surface area contributed by atoms with Gasteiger partial charge in [-0.15, -0.1) is 24.8 Å². The Kier molecular flexibility index (Phi) is 12.6. The van der Waals surface area contributed by atoms with Crippen molar-refractivity contribution in [3.63, 3.8) is 0 Å². The summed E-state index contributed by atoms with van der Waals surface area (Å²) in [5, 5.41) is 4.05. The van der Waals surface area contributed by atoms with Crippen LogP contribution in [0.4, 0.5) is 11.4 Å². The highest BCUT2D eigenvalue weighted by atomic mass is 35.5. The van der Waals surface area contributed by atoms with Crippen molar-refractivity contribution in [2.45, 2.75) is 11.5 Å². The first-order valence-corrected chi connectivity index (χ1v) is 16.4. The lowest BCUT2D eigenvalue weighted by molar-refractivity contribution is 0.0605. The molecule has 0 aliphatic rings. The first-order chi connectivity index (χ1) is 20.7. The molecule has 0 saturated heterocycles. The van der Waals surface area contributed by atoms with Gasteiger partial charge in [0, 0.05) is 44.6 Å². The van der Waals surface area contributed by atoms with Crippen LogP contribution in [0.25, 0.3) is 43.6 Å². The molecule has 0 spiro atoms. The van der Waals surface area contributed by atoms with Gasteiger partial charge in [-0.05, 0) is 23.3 Å². The third kappa shape index (κ3) is 7.62. The molecule has 0 amide bonds. The Labute approximate surface area is 278 Å². The molecule has 6 nitrogen and oxygen atoms in total. The van der Waals surface area contributed by atoms with Crippen molar-refractivity contribution in [2.24, 2.45) is 0 Å². The largest absolute Gasteiger partial charge is 0.398 e. The van der Waals surface area contributed by atoms with Crippen LogP contribution in [-0.4, -0.2) is 47.9 Å². The maximum Gasteiger partial charge on any atom is 0.0770 e.